The van der Waals surface area contributed by atoms with Gasteiger partial charge in [-0.2, -0.15) is 5.10 Å². The topological polar surface area (TPSA) is 95.9 Å². The summed E-state index contributed by atoms with van der Waals surface area (Å²) in [7, 11) is 0. The minimum atomic E-state index is 0.126. The molecular formula is C24H35N7OS. The molecule has 0 radical (unpaired) electrons. The molecule has 8 nitrogen and oxygen atoms in total. The lowest BCUT2D eigenvalue weighted by Gasteiger charge is -2.36. The van der Waals surface area contributed by atoms with Crippen LogP contribution in [0.2, 0.25) is 0 Å². The van der Waals surface area contributed by atoms with E-state index in [9.17, 15) is 4.79 Å². The number of nitrogens with one attached hydrogen (secondary N) is 2. The number of amides is 1. The quantitative estimate of drug-likeness (QED) is 0.605. The summed E-state index contributed by atoms with van der Waals surface area (Å²) in [4.78, 5) is 15.7. The van der Waals surface area contributed by atoms with E-state index in [0.29, 0.717) is 17.0 Å². The third-order valence-corrected chi connectivity index (χ3v) is 8.44. The van der Waals surface area contributed by atoms with Gasteiger partial charge in [-0.05, 0) is 56.1 Å². The lowest BCUT2D eigenvalue weighted by molar-refractivity contribution is -0.124. The lowest BCUT2D eigenvalue weighted by Crippen LogP contribution is -2.37. The van der Waals surface area contributed by atoms with Crippen molar-refractivity contribution in [1.82, 2.24) is 20.4 Å². The van der Waals surface area contributed by atoms with Crippen LogP contribution in [0.25, 0.3) is 0 Å². The SMILES string of the molecule is O=C(Nc1nnc(NC2CCN(c3cccnn3)C2)s1)C(C1CCCCC1)C1CCCCC1. The monoisotopic (exact) mass is 469 g/mol. The minimum absolute atomic E-state index is 0.126. The Kier molecular flexibility index (Phi) is 7.34. The molecule has 3 aliphatic rings. The van der Waals surface area contributed by atoms with Crippen molar-refractivity contribution in [1.29, 1.82) is 0 Å². The first-order chi connectivity index (χ1) is 16.3. The van der Waals surface area contributed by atoms with E-state index in [0.717, 1.165) is 30.5 Å². The van der Waals surface area contributed by atoms with Gasteiger partial charge in [0, 0.05) is 31.2 Å². The van der Waals surface area contributed by atoms with Crippen molar-refractivity contribution in [2.24, 2.45) is 17.8 Å². The summed E-state index contributed by atoms with van der Waals surface area (Å²) >= 11 is 1.44. The Hall–Kier alpha value is -2.29. The summed E-state index contributed by atoms with van der Waals surface area (Å²) in [6, 6.07) is 4.18. The predicted octanol–water partition coefficient (Wildman–Crippen LogP) is 4.73. The van der Waals surface area contributed by atoms with E-state index >= 15 is 0 Å². The largest absolute Gasteiger partial charge is 0.355 e. The van der Waals surface area contributed by atoms with Crippen molar-refractivity contribution < 1.29 is 4.79 Å². The van der Waals surface area contributed by atoms with Gasteiger partial charge in [-0.3, -0.25) is 4.79 Å². The Morgan fingerprint density at radius 3 is 2.30 bits per heavy atom. The van der Waals surface area contributed by atoms with Crippen molar-refractivity contribution in [3.63, 3.8) is 0 Å². The Labute approximate surface area is 200 Å². The van der Waals surface area contributed by atoms with Crippen molar-refractivity contribution in [3.05, 3.63) is 18.3 Å². The number of anilines is 3. The molecule has 0 aromatic carbocycles. The molecule has 5 rings (SSSR count). The molecular weight excluding hydrogens is 434 g/mol. The number of rotatable bonds is 7. The maximum absolute atomic E-state index is 13.5. The van der Waals surface area contributed by atoms with Crippen LogP contribution in [0.4, 0.5) is 16.1 Å². The molecule has 3 fully saturated rings. The molecule has 0 spiro atoms. The Morgan fingerprint density at radius 2 is 1.64 bits per heavy atom. The van der Waals surface area contributed by atoms with Crippen LogP contribution in [0.3, 0.4) is 0 Å². The summed E-state index contributed by atoms with van der Waals surface area (Å²) in [6.45, 7) is 1.79. The van der Waals surface area contributed by atoms with Gasteiger partial charge < -0.3 is 15.5 Å². The molecule has 2 aromatic rings. The maximum atomic E-state index is 13.5. The highest BCUT2D eigenvalue weighted by Crippen LogP contribution is 2.40. The first-order valence-electron chi connectivity index (χ1n) is 12.7. The van der Waals surface area contributed by atoms with Crippen LogP contribution in [0.5, 0.6) is 0 Å². The average molecular weight is 470 g/mol. The Bertz CT molecular complexity index is 877. The molecule has 3 heterocycles. The second-order valence-electron chi connectivity index (χ2n) is 9.88. The van der Waals surface area contributed by atoms with E-state index in [1.54, 1.807) is 6.20 Å². The smallest absolute Gasteiger partial charge is 0.229 e. The number of carbonyl (C=O) groups is 1. The fraction of sp³-hybridized carbons (Fsp3) is 0.708. The third-order valence-electron chi connectivity index (χ3n) is 7.67. The maximum Gasteiger partial charge on any atom is 0.229 e. The molecule has 1 amide bonds. The van der Waals surface area contributed by atoms with Gasteiger partial charge in [0.25, 0.3) is 0 Å². The summed E-state index contributed by atoms with van der Waals surface area (Å²) in [5, 5.41) is 24.8. The average Bonchev–Trinajstić information content (AvgIpc) is 3.51. The number of carbonyl (C=O) groups excluding carboxylic acids is 1. The molecule has 33 heavy (non-hydrogen) atoms. The van der Waals surface area contributed by atoms with Crippen molar-refractivity contribution in [2.75, 3.05) is 28.6 Å². The zero-order chi connectivity index (χ0) is 22.5. The summed E-state index contributed by atoms with van der Waals surface area (Å²) < 4.78 is 0. The van der Waals surface area contributed by atoms with E-state index < -0.39 is 0 Å². The first-order valence-corrected chi connectivity index (χ1v) is 13.5. The highest BCUT2D eigenvalue weighted by molar-refractivity contribution is 7.19. The van der Waals surface area contributed by atoms with Crippen LogP contribution in [0.1, 0.15) is 70.6 Å². The highest BCUT2D eigenvalue weighted by atomic mass is 32.1. The molecule has 1 unspecified atom stereocenters. The van der Waals surface area contributed by atoms with Gasteiger partial charge in [0.05, 0.1) is 0 Å². The van der Waals surface area contributed by atoms with Crippen LogP contribution in [0.15, 0.2) is 18.3 Å². The van der Waals surface area contributed by atoms with Crippen LogP contribution < -0.4 is 15.5 Å². The highest BCUT2D eigenvalue weighted by Gasteiger charge is 2.37. The fourth-order valence-electron chi connectivity index (χ4n) is 6.04. The van der Waals surface area contributed by atoms with E-state index in [-0.39, 0.29) is 17.9 Å². The molecule has 9 heteroatoms. The van der Waals surface area contributed by atoms with Gasteiger partial charge in [0.15, 0.2) is 5.82 Å². The predicted molar refractivity (Wildman–Crippen MR) is 131 cm³/mol. The zero-order valence-corrected chi connectivity index (χ0v) is 20.1. The third kappa shape index (κ3) is 5.62. The van der Waals surface area contributed by atoms with Gasteiger partial charge in [-0.15, -0.1) is 15.3 Å². The Morgan fingerprint density at radius 1 is 0.939 bits per heavy atom. The molecule has 2 aliphatic carbocycles. The second kappa shape index (κ2) is 10.8. The number of nitrogens with zero attached hydrogens (tertiary/aromatic N) is 5. The van der Waals surface area contributed by atoms with E-state index in [1.807, 2.05) is 12.1 Å². The lowest BCUT2D eigenvalue weighted by atomic mass is 9.69. The number of hydrogen-bond donors (Lipinski definition) is 2. The van der Waals surface area contributed by atoms with Crippen molar-refractivity contribution in [2.45, 2.75) is 76.7 Å². The van der Waals surface area contributed by atoms with Crippen LogP contribution in [-0.4, -0.2) is 45.4 Å². The van der Waals surface area contributed by atoms with Gasteiger partial charge in [-0.25, -0.2) is 0 Å². The van der Waals surface area contributed by atoms with Crippen LogP contribution >= 0.6 is 11.3 Å². The normalized spacial score (nSPS) is 22.6. The molecule has 1 saturated heterocycles. The van der Waals surface area contributed by atoms with E-state index in [1.165, 1.54) is 75.5 Å². The molecule has 178 valence electrons. The zero-order valence-electron chi connectivity index (χ0n) is 19.3. The summed E-state index contributed by atoms with van der Waals surface area (Å²) in [5.74, 6) is 2.26. The molecule has 0 bridgehead atoms. The van der Waals surface area contributed by atoms with E-state index in [4.69, 9.17) is 0 Å². The molecule has 2 saturated carbocycles. The van der Waals surface area contributed by atoms with Gasteiger partial charge in [-0.1, -0.05) is 49.9 Å². The van der Waals surface area contributed by atoms with E-state index in [2.05, 4.69) is 35.9 Å². The molecule has 2 aromatic heterocycles. The number of aromatic nitrogens is 4. The Balaban J connectivity index is 1.19. The van der Waals surface area contributed by atoms with Crippen LogP contribution in [0, 0.1) is 17.8 Å². The summed E-state index contributed by atoms with van der Waals surface area (Å²) in [5.41, 5.74) is 0. The molecule has 2 N–H and O–H groups in total. The summed E-state index contributed by atoms with van der Waals surface area (Å²) in [6.07, 6.45) is 15.2. The molecule has 1 aliphatic heterocycles. The number of hydrogen-bond acceptors (Lipinski definition) is 8. The van der Waals surface area contributed by atoms with Crippen LogP contribution in [-0.2, 0) is 4.79 Å². The van der Waals surface area contributed by atoms with Gasteiger partial charge >= 0.3 is 0 Å². The molecule has 1 atom stereocenters. The second-order valence-corrected chi connectivity index (χ2v) is 10.9. The fourth-order valence-corrected chi connectivity index (χ4v) is 6.77. The van der Waals surface area contributed by atoms with Crippen molar-refractivity contribution in [3.8, 4) is 0 Å². The van der Waals surface area contributed by atoms with Gasteiger partial charge in [0.2, 0.25) is 16.2 Å². The van der Waals surface area contributed by atoms with Gasteiger partial charge in [0.1, 0.15) is 0 Å². The standard InChI is InChI=1S/C24H35N7OS/c32-22(21(17-8-3-1-4-9-17)18-10-5-2-6-11-18)27-24-30-29-23(33-24)26-19-13-15-31(16-19)20-12-7-14-25-28-20/h7,12,14,17-19,21H,1-6,8-11,13,15-16H2,(H,26,29)(H,27,30,32). The minimum Gasteiger partial charge on any atom is -0.355 e. The van der Waals surface area contributed by atoms with Crippen molar-refractivity contribution >= 4 is 33.3 Å². The first kappa shape index (κ1) is 22.5.